The summed E-state index contributed by atoms with van der Waals surface area (Å²) < 4.78 is 32.8. The van der Waals surface area contributed by atoms with E-state index in [2.05, 4.69) is 0 Å². The monoisotopic (exact) mass is 247 g/mol. The SMILES string of the molecule is NS(=O)(=O)c1ccsc1C1=COCCO1. The number of thiophene rings is 1. The zero-order chi connectivity index (χ0) is 10.9. The molecule has 82 valence electrons. The van der Waals surface area contributed by atoms with Crippen LogP contribution in [0.25, 0.3) is 5.76 Å². The van der Waals surface area contributed by atoms with E-state index in [1.165, 1.54) is 23.7 Å². The third kappa shape index (κ3) is 2.14. The van der Waals surface area contributed by atoms with Crippen molar-refractivity contribution in [3.05, 3.63) is 22.6 Å². The summed E-state index contributed by atoms with van der Waals surface area (Å²) in [6.45, 7) is 0.882. The van der Waals surface area contributed by atoms with Crippen molar-refractivity contribution in [3.63, 3.8) is 0 Å². The van der Waals surface area contributed by atoms with Crippen molar-refractivity contribution in [2.24, 2.45) is 5.14 Å². The molecule has 15 heavy (non-hydrogen) atoms. The molecule has 0 saturated carbocycles. The van der Waals surface area contributed by atoms with Crippen LogP contribution < -0.4 is 5.14 Å². The fourth-order valence-electron chi connectivity index (χ4n) is 1.19. The summed E-state index contributed by atoms with van der Waals surface area (Å²) in [6, 6.07) is 1.45. The second-order valence-electron chi connectivity index (χ2n) is 2.86. The van der Waals surface area contributed by atoms with Crippen LogP contribution in [0.3, 0.4) is 0 Å². The first-order valence-electron chi connectivity index (χ1n) is 4.14. The molecule has 1 aliphatic rings. The van der Waals surface area contributed by atoms with Crippen molar-refractivity contribution >= 4 is 27.1 Å². The van der Waals surface area contributed by atoms with Crippen LogP contribution in [0.2, 0.25) is 0 Å². The molecule has 1 aromatic rings. The molecule has 2 rings (SSSR count). The van der Waals surface area contributed by atoms with Gasteiger partial charge in [0.25, 0.3) is 0 Å². The fourth-order valence-corrected chi connectivity index (χ4v) is 3.13. The molecule has 2 heterocycles. The van der Waals surface area contributed by atoms with Gasteiger partial charge >= 0.3 is 0 Å². The molecule has 0 spiro atoms. The number of hydrogen-bond donors (Lipinski definition) is 1. The Kier molecular flexibility index (Phi) is 2.68. The van der Waals surface area contributed by atoms with Gasteiger partial charge in [-0.2, -0.15) is 0 Å². The van der Waals surface area contributed by atoms with E-state index in [0.29, 0.717) is 23.9 Å². The first-order chi connectivity index (χ1) is 7.09. The molecule has 0 bridgehead atoms. The largest absolute Gasteiger partial charge is 0.494 e. The molecule has 0 saturated heterocycles. The Morgan fingerprint density at radius 2 is 2.20 bits per heavy atom. The van der Waals surface area contributed by atoms with Gasteiger partial charge in [-0.3, -0.25) is 0 Å². The summed E-state index contributed by atoms with van der Waals surface area (Å²) in [5, 5.41) is 6.71. The van der Waals surface area contributed by atoms with Crippen LogP contribution in [0.1, 0.15) is 4.88 Å². The normalized spacial score (nSPS) is 16.5. The van der Waals surface area contributed by atoms with Gasteiger partial charge < -0.3 is 9.47 Å². The highest BCUT2D eigenvalue weighted by Crippen LogP contribution is 2.30. The van der Waals surface area contributed by atoms with Crippen molar-refractivity contribution in [1.29, 1.82) is 0 Å². The third-order valence-corrected chi connectivity index (χ3v) is 3.82. The van der Waals surface area contributed by atoms with E-state index >= 15 is 0 Å². The number of nitrogens with two attached hydrogens (primary N) is 1. The first-order valence-corrected chi connectivity index (χ1v) is 6.57. The minimum absolute atomic E-state index is 0.0734. The maximum atomic E-state index is 11.2. The Bertz CT molecular complexity index is 488. The molecule has 0 aliphatic carbocycles. The van der Waals surface area contributed by atoms with Gasteiger partial charge in [-0.05, 0) is 11.4 Å². The standard InChI is InChI=1S/C8H9NO4S2/c9-15(10,11)7-1-4-14-8(7)6-5-12-2-3-13-6/h1,4-5H,2-3H2,(H2,9,10,11). The summed E-state index contributed by atoms with van der Waals surface area (Å²) in [4.78, 5) is 0.557. The summed E-state index contributed by atoms with van der Waals surface area (Å²) in [6.07, 6.45) is 1.41. The highest BCUT2D eigenvalue weighted by atomic mass is 32.2. The van der Waals surface area contributed by atoms with Crippen molar-refractivity contribution < 1.29 is 17.9 Å². The molecule has 0 unspecified atom stereocenters. The van der Waals surface area contributed by atoms with Gasteiger partial charge in [-0.1, -0.05) is 0 Å². The average molecular weight is 247 g/mol. The zero-order valence-electron chi connectivity index (χ0n) is 7.67. The summed E-state index contributed by atoms with van der Waals surface area (Å²) in [7, 11) is -3.71. The van der Waals surface area contributed by atoms with Crippen LogP contribution >= 0.6 is 11.3 Å². The lowest BCUT2D eigenvalue weighted by Gasteiger charge is -2.15. The van der Waals surface area contributed by atoms with Crippen LogP contribution in [0.5, 0.6) is 0 Å². The lowest BCUT2D eigenvalue weighted by Crippen LogP contribution is -2.14. The highest BCUT2D eigenvalue weighted by molar-refractivity contribution is 7.89. The first kappa shape index (κ1) is 10.5. The molecular weight excluding hydrogens is 238 g/mol. The number of rotatable bonds is 2. The predicted molar refractivity (Wildman–Crippen MR) is 55.6 cm³/mol. The van der Waals surface area contributed by atoms with E-state index in [1.807, 2.05) is 0 Å². The smallest absolute Gasteiger partial charge is 0.239 e. The van der Waals surface area contributed by atoms with E-state index in [4.69, 9.17) is 14.6 Å². The van der Waals surface area contributed by atoms with E-state index in [1.54, 1.807) is 5.38 Å². The molecule has 1 aromatic heterocycles. The van der Waals surface area contributed by atoms with Gasteiger partial charge in [0.2, 0.25) is 10.0 Å². The fraction of sp³-hybridized carbons (Fsp3) is 0.250. The van der Waals surface area contributed by atoms with Gasteiger partial charge in [0.15, 0.2) is 5.76 Å². The highest BCUT2D eigenvalue weighted by Gasteiger charge is 2.20. The van der Waals surface area contributed by atoms with Crippen molar-refractivity contribution in [1.82, 2.24) is 0 Å². The van der Waals surface area contributed by atoms with E-state index in [0.717, 1.165) is 0 Å². The molecule has 2 N–H and O–H groups in total. The Hall–Kier alpha value is -1.05. The molecule has 5 nitrogen and oxygen atoms in total. The molecule has 0 atom stereocenters. The number of sulfonamides is 1. The summed E-state index contributed by atoms with van der Waals surface area (Å²) in [5.74, 6) is 0.417. The third-order valence-electron chi connectivity index (χ3n) is 1.81. The van der Waals surface area contributed by atoms with Gasteiger partial charge in [0.05, 0.1) is 4.88 Å². The maximum Gasteiger partial charge on any atom is 0.239 e. The van der Waals surface area contributed by atoms with E-state index in [-0.39, 0.29) is 4.90 Å². The summed E-state index contributed by atoms with van der Waals surface area (Å²) >= 11 is 1.25. The quantitative estimate of drug-likeness (QED) is 0.836. The van der Waals surface area contributed by atoms with Crippen molar-refractivity contribution in [3.8, 4) is 0 Å². The predicted octanol–water partition coefficient (Wildman–Crippen LogP) is 0.741. The number of hydrogen-bond acceptors (Lipinski definition) is 5. The molecule has 0 fully saturated rings. The molecule has 0 amide bonds. The second-order valence-corrected chi connectivity index (χ2v) is 5.31. The van der Waals surface area contributed by atoms with Crippen molar-refractivity contribution in [2.75, 3.05) is 13.2 Å². The number of ether oxygens (including phenoxy) is 2. The lowest BCUT2D eigenvalue weighted by molar-refractivity contribution is 0.125. The van der Waals surface area contributed by atoms with E-state index in [9.17, 15) is 8.42 Å². The molecule has 1 aliphatic heterocycles. The van der Waals surface area contributed by atoms with Gasteiger partial charge in [0.1, 0.15) is 24.4 Å². The van der Waals surface area contributed by atoms with Crippen LogP contribution in [-0.4, -0.2) is 21.6 Å². The second kappa shape index (κ2) is 3.84. The minimum Gasteiger partial charge on any atom is -0.494 e. The average Bonchev–Trinajstić information content (AvgIpc) is 2.67. The van der Waals surface area contributed by atoms with Gasteiger partial charge in [-0.25, -0.2) is 13.6 Å². The van der Waals surface area contributed by atoms with Gasteiger partial charge in [-0.15, -0.1) is 11.3 Å². The summed E-state index contributed by atoms with van der Waals surface area (Å²) in [5.41, 5.74) is 0. The number of primary sulfonamides is 1. The Morgan fingerprint density at radius 1 is 1.40 bits per heavy atom. The Morgan fingerprint density at radius 3 is 2.80 bits per heavy atom. The Balaban J connectivity index is 2.45. The van der Waals surface area contributed by atoms with E-state index < -0.39 is 10.0 Å². The van der Waals surface area contributed by atoms with Crippen LogP contribution in [0.15, 0.2) is 22.6 Å². The molecule has 0 radical (unpaired) electrons. The van der Waals surface area contributed by atoms with Gasteiger partial charge in [0, 0.05) is 0 Å². The molecule has 0 aromatic carbocycles. The van der Waals surface area contributed by atoms with Crippen LogP contribution in [0.4, 0.5) is 0 Å². The Labute approximate surface area is 91.2 Å². The molecule has 7 heteroatoms. The van der Waals surface area contributed by atoms with Crippen molar-refractivity contribution in [2.45, 2.75) is 4.90 Å². The molecular formula is C8H9NO4S2. The zero-order valence-corrected chi connectivity index (χ0v) is 9.31. The topological polar surface area (TPSA) is 78.6 Å². The lowest BCUT2D eigenvalue weighted by atomic mass is 10.4. The van der Waals surface area contributed by atoms with Crippen LogP contribution in [0, 0.1) is 0 Å². The minimum atomic E-state index is -3.71. The maximum absolute atomic E-state index is 11.2. The van der Waals surface area contributed by atoms with Crippen LogP contribution in [-0.2, 0) is 19.5 Å².